The van der Waals surface area contributed by atoms with Crippen molar-refractivity contribution in [2.75, 3.05) is 17.7 Å². The second kappa shape index (κ2) is 6.00. The van der Waals surface area contributed by atoms with Crippen molar-refractivity contribution < 1.29 is 9.72 Å². The molecule has 0 aliphatic rings. The van der Waals surface area contributed by atoms with Crippen LogP contribution in [0.2, 0.25) is 0 Å². The number of benzene rings is 1. The van der Waals surface area contributed by atoms with Crippen molar-refractivity contribution in [2.45, 2.75) is 6.92 Å². The molecule has 7 heteroatoms. The van der Waals surface area contributed by atoms with E-state index in [2.05, 4.69) is 15.6 Å². The maximum Gasteiger partial charge on any atom is 0.274 e. The fourth-order valence-electron chi connectivity index (χ4n) is 1.94. The number of anilines is 2. The fourth-order valence-corrected chi connectivity index (χ4v) is 1.94. The number of carbonyl (C=O) groups is 1. The van der Waals surface area contributed by atoms with Gasteiger partial charge in [0.05, 0.1) is 33.6 Å². The zero-order valence-corrected chi connectivity index (χ0v) is 11.6. The van der Waals surface area contributed by atoms with Crippen molar-refractivity contribution in [3.63, 3.8) is 0 Å². The summed E-state index contributed by atoms with van der Waals surface area (Å²) in [6, 6.07) is 6.14. The summed E-state index contributed by atoms with van der Waals surface area (Å²) in [6.45, 7) is 1.60. The molecule has 0 saturated carbocycles. The van der Waals surface area contributed by atoms with Gasteiger partial charge in [0.25, 0.3) is 11.6 Å². The molecule has 0 saturated heterocycles. The number of nitrogens with one attached hydrogen (secondary N) is 2. The number of pyridine rings is 1. The van der Waals surface area contributed by atoms with Crippen LogP contribution in [0.3, 0.4) is 0 Å². The van der Waals surface area contributed by atoms with E-state index in [0.717, 1.165) is 0 Å². The summed E-state index contributed by atoms with van der Waals surface area (Å²) >= 11 is 0. The summed E-state index contributed by atoms with van der Waals surface area (Å²) in [5.41, 5.74) is 1.79. The zero-order chi connectivity index (χ0) is 15.4. The molecule has 0 bridgehead atoms. The van der Waals surface area contributed by atoms with Gasteiger partial charge in [-0.2, -0.15) is 0 Å². The normalized spacial score (nSPS) is 10.0. The van der Waals surface area contributed by atoms with Gasteiger partial charge in [0.1, 0.15) is 0 Å². The monoisotopic (exact) mass is 286 g/mol. The average molecular weight is 286 g/mol. The lowest BCUT2D eigenvalue weighted by Gasteiger charge is -2.11. The van der Waals surface area contributed by atoms with E-state index in [1.54, 1.807) is 26.1 Å². The van der Waals surface area contributed by atoms with Crippen LogP contribution in [0.5, 0.6) is 0 Å². The molecule has 0 atom stereocenters. The number of carbonyl (C=O) groups excluding carboxylic acids is 1. The lowest BCUT2D eigenvalue weighted by molar-refractivity contribution is -0.385. The quantitative estimate of drug-likeness (QED) is 0.665. The second-order valence-electron chi connectivity index (χ2n) is 4.33. The van der Waals surface area contributed by atoms with Crippen LogP contribution in [0.15, 0.2) is 36.7 Å². The highest BCUT2D eigenvalue weighted by atomic mass is 16.6. The highest BCUT2D eigenvalue weighted by molar-refractivity contribution is 6.08. The van der Waals surface area contributed by atoms with Gasteiger partial charge in [0.2, 0.25) is 0 Å². The molecule has 1 amide bonds. The largest absolute Gasteiger partial charge is 0.386 e. The van der Waals surface area contributed by atoms with E-state index < -0.39 is 4.92 Å². The minimum absolute atomic E-state index is 0.0311. The Morgan fingerprint density at radius 2 is 2.05 bits per heavy atom. The third kappa shape index (κ3) is 2.97. The zero-order valence-electron chi connectivity index (χ0n) is 11.6. The minimum Gasteiger partial charge on any atom is -0.386 e. The number of nitrogens with zero attached hydrogens (tertiary/aromatic N) is 2. The topological polar surface area (TPSA) is 97.2 Å². The summed E-state index contributed by atoms with van der Waals surface area (Å²) in [5.74, 6) is -0.356. The second-order valence-corrected chi connectivity index (χ2v) is 4.33. The van der Waals surface area contributed by atoms with Gasteiger partial charge in [-0.3, -0.25) is 19.9 Å². The SMILES string of the molecule is CNc1cnccc1C(=O)Nc1cccc([N+](=O)[O-])c1C. The Kier molecular flexibility index (Phi) is 4.13. The molecule has 0 fully saturated rings. The first-order valence-corrected chi connectivity index (χ1v) is 6.21. The Hall–Kier alpha value is -2.96. The van der Waals surface area contributed by atoms with Gasteiger partial charge in [-0.25, -0.2) is 0 Å². The summed E-state index contributed by atoms with van der Waals surface area (Å²) in [5, 5.41) is 16.5. The molecule has 21 heavy (non-hydrogen) atoms. The Morgan fingerprint density at radius 3 is 2.71 bits per heavy atom. The molecule has 2 aromatic rings. The Morgan fingerprint density at radius 1 is 1.29 bits per heavy atom. The number of nitro groups is 1. The van der Waals surface area contributed by atoms with Gasteiger partial charge in [-0.15, -0.1) is 0 Å². The molecule has 0 aliphatic heterocycles. The first kappa shape index (κ1) is 14.4. The molecule has 108 valence electrons. The average Bonchev–Trinajstić information content (AvgIpc) is 2.48. The van der Waals surface area contributed by atoms with E-state index in [0.29, 0.717) is 22.5 Å². The molecule has 1 aromatic heterocycles. The van der Waals surface area contributed by atoms with Crippen LogP contribution in [0.1, 0.15) is 15.9 Å². The van der Waals surface area contributed by atoms with Gasteiger partial charge >= 0.3 is 0 Å². The van der Waals surface area contributed by atoms with E-state index in [4.69, 9.17) is 0 Å². The van der Waals surface area contributed by atoms with E-state index in [1.165, 1.54) is 24.5 Å². The maximum absolute atomic E-state index is 12.3. The number of nitro benzene ring substituents is 1. The van der Waals surface area contributed by atoms with Gasteiger partial charge in [0.15, 0.2) is 0 Å². The highest BCUT2D eigenvalue weighted by Gasteiger charge is 2.16. The van der Waals surface area contributed by atoms with Crippen molar-refractivity contribution in [1.82, 2.24) is 4.98 Å². The molecule has 2 rings (SSSR count). The van der Waals surface area contributed by atoms with Crippen LogP contribution in [-0.2, 0) is 0 Å². The van der Waals surface area contributed by atoms with E-state index in [1.807, 2.05) is 0 Å². The van der Waals surface area contributed by atoms with Gasteiger partial charge in [-0.05, 0) is 19.1 Å². The van der Waals surface area contributed by atoms with Crippen LogP contribution in [0, 0.1) is 17.0 Å². The fraction of sp³-hybridized carbons (Fsp3) is 0.143. The third-order valence-electron chi connectivity index (χ3n) is 3.09. The Balaban J connectivity index is 2.32. The van der Waals surface area contributed by atoms with Crippen LogP contribution in [-0.4, -0.2) is 22.9 Å². The number of hydrogen-bond acceptors (Lipinski definition) is 5. The van der Waals surface area contributed by atoms with Crippen LogP contribution >= 0.6 is 0 Å². The third-order valence-corrected chi connectivity index (χ3v) is 3.09. The van der Waals surface area contributed by atoms with Crippen molar-refractivity contribution in [3.8, 4) is 0 Å². The number of aromatic nitrogens is 1. The summed E-state index contributed by atoms with van der Waals surface area (Å²) in [6.07, 6.45) is 3.05. The smallest absolute Gasteiger partial charge is 0.274 e. The summed E-state index contributed by atoms with van der Waals surface area (Å²) in [4.78, 5) is 26.6. The number of hydrogen-bond donors (Lipinski definition) is 2. The van der Waals surface area contributed by atoms with E-state index in [9.17, 15) is 14.9 Å². The van der Waals surface area contributed by atoms with E-state index >= 15 is 0 Å². The molecular formula is C14H14N4O3. The van der Waals surface area contributed by atoms with Crippen molar-refractivity contribution in [1.29, 1.82) is 0 Å². The molecule has 0 aliphatic carbocycles. The highest BCUT2D eigenvalue weighted by Crippen LogP contribution is 2.26. The molecule has 0 unspecified atom stereocenters. The molecule has 0 spiro atoms. The number of rotatable bonds is 4. The lowest BCUT2D eigenvalue weighted by atomic mass is 10.1. The molecule has 1 aromatic carbocycles. The first-order chi connectivity index (χ1) is 10.0. The first-order valence-electron chi connectivity index (χ1n) is 6.21. The van der Waals surface area contributed by atoms with Crippen molar-refractivity contribution in [2.24, 2.45) is 0 Å². The maximum atomic E-state index is 12.3. The summed E-state index contributed by atoms with van der Waals surface area (Å²) < 4.78 is 0. The standard InChI is InChI=1S/C14H14N4O3/c1-9-11(4-3-5-13(9)18(20)21)17-14(19)10-6-7-16-8-12(10)15-2/h3-8,15H,1-2H3,(H,17,19). The Bertz CT molecular complexity index is 700. The van der Waals surface area contributed by atoms with Gasteiger partial charge < -0.3 is 10.6 Å². The molecule has 7 nitrogen and oxygen atoms in total. The predicted octanol–water partition coefficient (Wildman–Crippen LogP) is 2.59. The Labute approximate surface area is 121 Å². The molecule has 0 radical (unpaired) electrons. The molecular weight excluding hydrogens is 272 g/mol. The molecule has 2 N–H and O–H groups in total. The number of amides is 1. The van der Waals surface area contributed by atoms with E-state index in [-0.39, 0.29) is 11.6 Å². The van der Waals surface area contributed by atoms with Crippen molar-refractivity contribution in [3.05, 3.63) is 57.9 Å². The van der Waals surface area contributed by atoms with Crippen LogP contribution < -0.4 is 10.6 Å². The predicted molar refractivity (Wildman–Crippen MR) is 79.6 cm³/mol. The van der Waals surface area contributed by atoms with Gasteiger partial charge in [-0.1, -0.05) is 6.07 Å². The van der Waals surface area contributed by atoms with Crippen LogP contribution in [0.25, 0.3) is 0 Å². The lowest BCUT2D eigenvalue weighted by Crippen LogP contribution is -2.15. The van der Waals surface area contributed by atoms with Crippen LogP contribution in [0.4, 0.5) is 17.1 Å². The minimum atomic E-state index is -0.476. The van der Waals surface area contributed by atoms with Gasteiger partial charge in [0, 0.05) is 19.3 Å². The molecule has 1 heterocycles. The van der Waals surface area contributed by atoms with Crippen molar-refractivity contribution >= 4 is 23.0 Å². The summed E-state index contributed by atoms with van der Waals surface area (Å²) in [7, 11) is 1.69.